The van der Waals surface area contributed by atoms with Gasteiger partial charge >= 0.3 is 0 Å². The first kappa shape index (κ1) is 13.5. The van der Waals surface area contributed by atoms with E-state index in [0.29, 0.717) is 0 Å². The quantitative estimate of drug-likeness (QED) is 0.866. The van der Waals surface area contributed by atoms with Crippen LogP contribution < -0.4 is 5.32 Å². The maximum absolute atomic E-state index is 4.09. The van der Waals surface area contributed by atoms with E-state index in [4.69, 9.17) is 0 Å². The number of hydrogen-bond acceptors (Lipinski definition) is 3. The van der Waals surface area contributed by atoms with Gasteiger partial charge in [-0.3, -0.25) is 9.88 Å². The minimum Gasteiger partial charge on any atom is -0.317 e. The van der Waals surface area contributed by atoms with Crippen LogP contribution in [0.2, 0.25) is 0 Å². The van der Waals surface area contributed by atoms with Gasteiger partial charge in [0.2, 0.25) is 0 Å². The average molecular weight is 247 g/mol. The van der Waals surface area contributed by atoms with Gasteiger partial charge in [-0.05, 0) is 57.0 Å². The van der Waals surface area contributed by atoms with Crippen LogP contribution in [-0.4, -0.2) is 35.6 Å². The van der Waals surface area contributed by atoms with Gasteiger partial charge in [0.25, 0.3) is 0 Å². The number of aromatic nitrogens is 1. The van der Waals surface area contributed by atoms with E-state index < -0.39 is 0 Å². The summed E-state index contributed by atoms with van der Waals surface area (Å²) in [5, 5.41) is 3.40. The maximum Gasteiger partial charge on any atom is 0.0271 e. The molecular weight excluding hydrogens is 222 g/mol. The monoisotopic (exact) mass is 247 g/mol. The molecule has 3 nitrogen and oxygen atoms in total. The van der Waals surface area contributed by atoms with Crippen LogP contribution in [0.25, 0.3) is 0 Å². The molecule has 0 radical (unpaired) electrons. The van der Waals surface area contributed by atoms with Crippen LogP contribution in [0.4, 0.5) is 0 Å². The molecule has 1 fully saturated rings. The molecule has 100 valence electrons. The largest absolute Gasteiger partial charge is 0.317 e. The van der Waals surface area contributed by atoms with Crippen molar-refractivity contribution in [1.82, 2.24) is 15.2 Å². The molecule has 18 heavy (non-hydrogen) atoms. The minimum atomic E-state index is 0.737. The van der Waals surface area contributed by atoms with Crippen molar-refractivity contribution >= 4 is 0 Å². The van der Waals surface area contributed by atoms with Crippen molar-refractivity contribution in [3.05, 3.63) is 30.1 Å². The van der Waals surface area contributed by atoms with Gasteiger partial charge in [0.15, 0.2) is 0 Å². The van der Waals surface area contributed by atoms with Crippen LogP contribution >= 0.6 is 0 Å². The summed E-state index contributed by atoms with van der Waals surface area (Å²) in [7, 11) is 2.08. The zero-order valence-corrected chi connectivity index (χ0v) is 11.6. The van der Waals surface area contributed by atoms with Crippen LogP contribution in [0.5, 0.6) is 0 Å². The third-order valence-electron chi connectivity index (χ3n) is 4.16. The van der Waals surface area contributed by atoms with Gasteiger partial charge in [-0.2, -0.15) is 0 Å². The normalized spacial score (nSPS) is 24.4. The molecule has 3 heteroatoms. The molecule has 0 aliphatic heterocycles. The molecule has 1 aliphatic rings. The predicted molar refractivity (Wildman–Crippen MR) is 75.4 cm³/mol. The second-order valence-corrected chi connectivity index (χ2v) is 5.21. The number of hydrogen-bond donors (Lipinski definition) is 1. The molecule has 1 heterocycles. The Bertz CT molecular complexity index is 331. The van der Waals surface area contributed by atoms with Gasteiger partial charge in [-0.15, -0.1) is 0 Å². The van der Waals surface area contributed by atoms with E-state index >= 15 is 0 Å². The van der Waals surface area contributed by atoms with Crippen molar-refractivity contribution in [2.24, 2.45) is 0 Å². The Balaban J connectivity index is 1.89. The highest BCUT2D eigenvalue weighted by molar-refractivity contribution is 5.09. The third kappa shape index (κ3) is 3.53. The fraction of sp³-hybridized carbons (Fsp3) is 0.667. The Morgan fingerprint density at radius 3 is 2.44 bits per heavy atom. The molecule has 0 amide bonds. The lowest BCUT2D eigenvalue weighted by molar-refractivity contribution is 0.144. The molecule has 0 unspecified atom stereocenters. The van der Waals surface area contributed by atoms with Crippen molar-refractivity contribution in [1.29, 1.82) is 0 Å². The molecule has 0 aromatic carbocycles. The van der Waals surface area contributed by atoms with Gasteiger partial charge in [-0.25, -0.2) is 0 Å². The molecule has 0 spiro atoms. The molecule has 0 saturated heterocycles. The minimum absolute atomic E-state index is 0.737. The standard InChI is InChI=1S/C15H25N3/c1-3-18(12-13-8-10-17-11-9-13)15-6-4-14(16-2)5-7-15/h8-11,14-16H,3-7,12H2,1-2H3. The van der Waals surface area contributed by atoms with Gasteiger partial charge < -0.3 is 5.32 Å². The maximum atomic E-state index is 4.09. The predicted octanol–water partition coefficient (Wildman–Crippen LogP) is 2.43. The summed E-state index contributed by atoms with van der Waals surface area (Å²) < 4.78 is 0. The lowest BCUT2D eigenvalue weighted by Gasteiger charge is -2.36. The Labute approximate surface area is 111 Å². The highest BCUT2D eigenvalue weighted by Crippen LogP contribution is 2.24. The molecule has 1 saturated carbocycles. The van der Waals surface area contributed by atoms with Crippen molar-refractivity contribution in [3.8, 4) is 0 Å². The molecule has 1 aromatic rings. The van der Waals surface area contributed by atoms with Crippen LogP contribution in [0.3, 0.4) is 0 Å². The van der Waals surface area contributed by atoms with E-state index in [1.54, 1.807) is 0 Å². The fourth-order valence-corrected chi connectivity index (χ4v) is 2.95. The zero-order valence-electron chi connectivity index (χ0n) is 11.6. The van der Waals surface area contributed by atoms with E-state index in [2.05, 4.69) is 41.3 Å². The molecule has 1 aromatic heterocycles. The lowest BCUT2D eigenvalue weighted by atomic mass is 9.90. The Morgan fingerprint density at radius 2 is 1.89 bits per heavy atom. The Hall–Kier alpha value is -0.930. The number of nitrogens with one attached hydrogen (secondary N) is 1. The second kappa shape index (κ2) is 6.86. The van der Waals surface area contributed by atoms with Gasteiger partial charge in [0.1, 0.15) is 0 Å². The topological polar surface area (TPSA) is 28.2 Å². The first-order valence-electron chi connectivity index (χ1n) is 7.13. The van der Waals surface area contributed by atoms with Crippen LogP contribution in [0.15, 0.2) is 24.5 Å². The van der Waals surface area contributed by atoms with E-state index in [0.717, 1.165) is 25.2 Å². The van der Waals surface area contributed by atoms with Gasteiger partial charge in [0.05, 0.1) is 0 Å². The van der Waals surface area contributed by atoms with Crippen LogP contribution in [0.1, 0.15) is 38.2 Å². The number of rotatable bonds is 5. The first-order chi connectivity index (χ1) is 8.83. The zero-order chi connectivity index (χ0) is 12.8. The van der Waals surface area contributed by atoms with Crippen molar-refractivity contribution < 1.29 is 0 Å². The highest BCUT2D eigenvalue weighted by atomic mass is 15.1. The van der Waals surface area contributed by atoms with E-state index in [-0.39, 0.29) is 0 Å². The van der Waals surface area contributed by atoms with Crippen molar-refractivity contribution in [3.63, 3.8) is 0 Å². The average Bonchev–Trinajstić information content (AvgIpc) is 2.46. The fourth-order valence-electron chi connectivity index (χ4n) is 2.95. The van der Waals surface area contributed by atoms with Crippen LogP contribution in [0, 0.1) is 0 Å². The molecule has 1 N–H and O–H groups in total. The van der Waals surface area contributed by atoms with E-state index in [9.17, 15) is 0 Å². The Morgan fingerprint density at radius 1 is 1.22 bits per heavy atom. The van der Waals surface area contributed by atoms with Crippen molar-refractivity contribution in [2.75, 3.05) is 13.6 Å². The van der Waals surface area contributed by atoms with E-state index in [1.165, 1.54) is 31.2 Å². The van der Waals surface area contributed by atoms with Crippen molar-refractivity contribution in [2.45, 2.75) is 51.2 Å². The second-order valence-electron chi connectivity index (χ2n) is 5.21. The number of pyridine rings is 1. The van der Waals surface area contributed by atoms with Crippen LogP contribution in [-0.2, 0) is 6.54 Å². The summed E-state index contributed by atoms with van der Waals surface area (Å²) in [6.07, 6.45) is 9.05. The molecule has 0 atom stereocenters. The summed E-state index contributed by atoms with van der Waals surface area (Å²) >= 11 is 0. The van der Waals surface area contributed by atoms with E-state index in [1.807, 2.05) is 12.4 Å². The molecule has 0 bridgehead atoms. The highest BCUT2D eigenvalue weighted by Gasteiger charge is 2.24. The third-order valence-corrected chi connectivity index (χ3v) is 4.16. The summed E-state index contributed by atoms with van der Waals surface area (Å²) in [4.78, 5) is 6.70. The molecule has 2 rings (SSSR count). The molecular formula is C15H25N3. The molecule has 1 aliphatic carbocycles. The SMILES string of the molecule is CCN(Cc1ccncc1)C1CCC(NC)CC1. The summed E-state index contributed by atoms with van der Waals surface area (Å²) in [6.45, 7) is 4.47. The lowest BCUT2D eigenvalue weighted by Crippen LogP contribution is -2.41. The summed E-state index contributed by atoms with van der Waals surface area (Å²) in [5.74, 6) is 0. The summed E-state index contributed by atoms with van der Waals surface area (Å²) in [5.41, 5.74) is 1.38. The number of nitrogens with zero attached hydrogens (tertiary/aromatic N) is 2. The van der Waals surface area contributed by atoms with Gasteiger partial charge in [-0.1, -0.05) is 6.92 Å². The summed E-state index contributed by atoms with van der Waals surface area (Å²) in [6, 6.07) is 5.75. The van der Waals surface area contributed by atoms with Gasteiger partial charge in [0, 0.05) is 31.0 Å². The smallest absolute Gasteiger partial charge is 0.0271 e. The first-order valence-corrected chi connectivity index (χ1v) is 7.13. The Kier molecular flexibility index (Phi) is 5.14.